The molecular weight excluding hydrogens is 482 g/mol. The third-order valence-corrected chi connectivity index (χ3v) is 7.03. The minimum absolute atomic E-state index is 0.0738. The molecule has 1 unspecified atom stereocenters. The van der Waals surface area contributed by atoms with Crippen LogP contribution in [0.2, 0.25) is 0 Å². The van der Waals surface area contributed by atoms with Gasteiger partial charge in [-0.05, 0) is 66.3 Å². The first kappa shape index (κ1) is 26.7. The number of benzene rings is 2. The van der Waals surface area contributed by atoms with Gasteiger partial charge in [-0.15, -0.1) is 0 Å². The van der Waals surface area contributed by atoms with E-state index in [1.54, 1.807) is 55.5 Å². The second-order valence-electron chi connectivity index (χ2n) is 8.98. The summed E-state index contributed by atoms with van der Waals surface area (Å²) >= 11 is 0. The molecule has 38 heavy (non-hydrogen) atoms. The molecule has 1 atom stereocenters. The molecular formula is C30H31N3O5. The Kier molecular flexibility index (Phi) is 7.96. The molecule has 4 rings (SSSR count). The summed E-state index contributed by atoms with van der Waals surface area (Å²) in [4.78, 5) is 32.8. The number of amides is 1. The number of ether oxygens (including phenoxy) is 3. The number of rotatable bonds is 8. The van der Waals surface area contributed by atoms with Crippen LogP contribution >= 0.6 is 0 Å². The molecule has 0 saturated heterocycles. The molecule has 0 spiro atoms. The van der Waals surface area contributed by atoms with Gasteiger partial charge < -0.3 is 19.1 Å². The number of carbonyl (C=O) groups is 2. The second-order valence-corrected chi connectivity index (χ2v) is 8.98. The SMILES string of the molecule is CCOC(=O)c1cncc(CC)c1CC1(C#N)c2cc(OC)c(OC)cc2CCN1C(=O)c1ccccc1. The maximum absolute atomic E-state index is 13.9. The maximum Gasteiger partial charge on any atom is 0.339 e. The molecule has 1 aromatic heterocycles. The molecule has 196 valence electrons. The normalized spacial score (nSPS) is 16.2. The average Bonchev–Trinajstić information content (AvgIpc) is 2.96. The zero-order valence-electron chi connectivity index (χ0n) is 22.1. The van der Waals surface area contributed by atoms with Crippen LogP contribution in [-0.4, -0.2) is 49.1 Å². The van der Waals surface area contributed by atoms with Crippen LogP contribution in [-0.2, 0) is 29.5 Å². The Morgan fingerprint density at radius 2 is 1.79 bits per heavy atom. The second kappa shape index (κ2) is 11.3. The fourth-order valence-electron chi connectivity index (χ4n) is 5.13. The summed E-state index contributed by atoms with van der Waals surface area (Å²) < 4.78 is 16.4. The highest BCUT2D eigenvalue weighted by atomic mass is 16.5. The number of methoxy groups -OCH3 is 2. The average molecular weight is 514 g/mol. The number of carbonyl (C=O) groups excluding carboxylic acids is 2. The van der Waals surface area contributed by atoms with Crippen LogP contribution < -0.4 is 9.47 Å². The fraction of sp³-hybridized carbons (Fsp3) is 0.333. The third kappa shape index (κ3) is 4.68. The van der Waals surface area contributed by atoms with Crippen molar-refractivity contribution in [2.75, 3.05) is 27.4 Å². The van der Waals surface area contributed by atoms with E-state index in [1.807, 2.05) is 19.1 Å². The molecule has 2 heterocycles. The topological polar surface area (TPSA) is 102 Å². The van der Waals surface area contributed by atoms with Gasteiger partial charge in [0.05, 0.1) is 32.5 Å². The van der Waals surface area contributed by atoms with E-state index in [4.69, 9.17) is 14.2 Å². The van der Waals surface area contributed by atoms with Gasteiger partial charge in [-0.3, -0.25) is 9.78 Å². The predicted octanol–water partition coefficient (Wildman–Crippen LogP) is 4.50. The first-order valence-corrected chi connectivity index (χ1v) is 12.6. The zero-order chi connectivity index (χ0) is 27.3. The van der Waals surface area contributed by atoms with Crippen LogP contribution in [0.25, 0.3) is 0 Å². The van der Waals surface area contributed by atoms with Crippen LogP contribution in [0, 0.1) is 11.3 Å². The number of hydrogen-bond donors (Lipinski definition) is 0. The van der Waals surface area contributed by atoms with Gasteiger partial charge >= 0.3 is 5.97 Å². The van der Waals surface area contributed by atoms with Crippen molar-refractivity contribution in [3.63, 3.8) is 0 Å². The summed E-state index contributed by atoms with van der Waals surface area (Å²) in [5, 5.41) is 11.0. The van der Waals surface area contributed by atoms with E-state index in [-0.39, 0.29) is 18.9 Å². The molecule has 2 aromatic carbocycles. The molecule has 0 aliphatic carbocycles. The summed E-state index contributed by atoms with van der Waals surface area (Å²) in [5.41, 5.74) is 2.30. The number of nitriles is 1. The van der Waals surface area contributed by atoms with Gasteiger partial charge in [0.15, 0.2) is 17.0 Å². The molecule has 3 aromatic rings. The van der Waals surface area contributed by atoms with Crippen molar-refractivity contribution in [3.8, 4) is 17.6 Å². The Labute approximate surface area is 222 Å². The standard InChI is InChI=1S/C30H31N3O5/c1-5-20-17-32-18-24(29(35)38-6-2)23(20)16-30(19-31)25-15-27(37-4)26(36-3)14-22(25)12-13-33(30)28(34)21-10-8-7-9-11-21/h7-11,14-15,17-18H,5-6,12-13,16H2,1-4H3. The molecule has 0 N–H and O–H groups in total. The van der Waals surface area contributed by atoms with Crippen molar-refractivity contribution in [2.45, 2.75) is 38.6 Å². The summed E-state index contributed by atoms with van der Waals surface area (Å²) in [6.07, 6.45) is 4.36. The molecule has 8 heteroatoms. The summed E-state index contributed by atoms with van der Waals surface area (Å²) in [6, 6.07) is 15.0. The molecule has 0 saturated carbocycles. The zero-order valence-corrected chi connectivity index (χ0v) is 22.1. The Bertz CT molecular complexity index is 1380. The maximum atomic E-state index is 13.9. The van der Waals surface area contributed by atoms with Crippen molar-refractivity contribution < 1.29 is 23.8 Å². The van der Waals surface area contributed by atoms with Gasteiger partial charge in [-0.2, -0.15) is 5.26 Å². The van der Waals surface area contributed by atoms with E-state index in [0.29, 0.717) is 53.1 Å². The van der Waals surface area contributed by atoms with E-state index in [1.165, 1.54) is 13.3 Å². The first-order valence-electron chi connectivity index (χ1n) is 12.6. The van der Waals surface area contributed by atoms with Gasteiger partial charge in [-0.25, -0.2) is 4.79 Å². The molecule has 0 bridgehead atoms. The van der Waals surface area contributed by atoms with Crippen LogP contribution in [0.4, 0.5) is 0 Å². The third-order valence-electron chi connectivity index (χ3n) is 7.03. The Hall–Kier alpha value is -4.38. The number of aryl methyl sites for hydroxylation is 1. The van der Waals surface area contributed by atoms with Gasteiger partial charge in [0.25, 0.3) is 5.91 Å². The molecule has 0 fully saturated rings. The number of hydrogen-bond acceptors (Lipinski definition) is 7. The minimum Gasteiger partial charge on any atom is -0.493 e. The predicted molar refractivity (Wildman–Crippen MR) is 141 cm³/mol. The van der Waals surface area contributed by atoms with Gasteiger partial charge in [-0.1, -0.05) is 25.1 Å². The lowest BCUT2D eigenvalue weighted by Gasteiger charge is -2.44. The van der Waals surface area contributed by atoms with E-state index < -0.39 is 11.5 Å². The molecule has 1 aliphatic heterocycles. The van der Waals surface area contributed by atoms with Crippen molar-refractivity contribution in [3.05, 3.63) is 88.2 Å². The van der Waals surface area contributed by atoms with E-state index in [2.05, 4.69) is 11.1 Å². The van der Waals surface area contributed by atoms with Gasteiger partial charge in [0.2, 0.25) is 0 Å². The highest BCUT2D eigenvalue weighted by Crippen LogP contribution is 2.44. The van der Waals surface area contributed by atoms with Crippen LogP contribution in [0.15, 0.2) is 54.9 Å². The quantitative estimate of drug-likeness (QED) is 0.409. The Balaban J connectivity index is 1.98. The van der Waals surface area contributed by atoms with Crippen LogP contribution in [0.3, 0.4) is 0 Å². The lowest BCUT2D eigenvalue weighted by molar-refractivity contribution is 0.0519. The lowest BCUT2D eigenvalue weighted by Crippen LogP contribution is -2.54. The summed E-state index contributed by atoms with van der Waals surface area (Å²) in [6.45, 7) is 4.22. The summed E-state index contributed by atoms with van der Waals surface area (Å²) in [5.74, 6) is 0.224. The van der Waals surface area contributed by atoms with E-state index in [9.17, 15) is 14.9 Å². The molecule has 0 radical (unpaired) electrons. The van der Waals surface area contributed by atoms with Gasteiger partial charge in [0, 0.05) is 30.9 Å². The van der Waals surface area contributed by atoms with E-state index in [0.717, 1.165) is 11.1 Å². The van der Waals surface area contributed by atoms with Crippen LogP contribution in [0.1, 0.15) is 56.8 Å². The van der Waals surface area contributed by atoms with Crippen molar-refractivity contribution in [2.24, 2.45) is 0 Å². The smallest absolute Gasteiger partial charge is 0.339 e. The lowest BCUT2D eigenvalue weighted by atomic mass is 9.75. The van der Waals surface area contributed by atoms with Crippen molar-refractivity contribution in [1.29, 1.82) is 5.26 Å². The van der Waals surface area contributed by atoms with E-state index >= 15 is 0 Å². The minimum atomic E-state index is -1.44. The fourth-order valence-corrected chi connectivity index (χ4v) is 5.13. The van der Waals surface area contributed by atoms with Crippen molar-refractivity contribution >= 4 is 11.9 Å². The number of pyridine rings is 1. The Morgan fingerprint density at radius 3 is 2.42 bits per heavy atom. The largest absolute Gasteiger partial charge is 0.493 e. The number of aromatic nitrogens is 1. The first-order chi connectivity index (χ1) is 18.4. The highest BCUT2D eigenvalue weighted by molar-refractivity contribution is 5.96. The number of nitrogens with zero attached hydrogens (tertiary/aromatic N) is 3. The number of esters is 1. The molecule has 1 aliphatic rings. The highest BCUT2D eigenvalue weighted by Gasteiger charge is 2.47. The Morgan fingerprint density at radius 1 is 1.08 bits per heavy atom. The summed E-state index contributed by atoms with van der Waals surface area (Å²) in [7, 11) is 3.09. The molecule has 1 amide bonds. The van der Waals surface area contributed by atoms with Crippen LogP contribution in [0.5, 0.6) is 11.5 Å². The molecule has 8 nitrogen and oxygen atoms in total. The number of fused-ring (bicyclic) bond motifs is 1. The monoisotopic (exact) mass is 513 g/mol. The van der Waals surface area contributed by atoms with Gasteiger partial charge in [0.1, 0.15) is 0 Å². The van der Waals surface area contributed by atoms with Crippen molar-refractivity contribution in [1.82, 2.24) is 9.88 Å².